The van der Waals surface area contributed by atoms with Crippen LogP contribution in [0, 0.1) is 0 Å². The molecule has 0 aliphatic carbocycles. The maximum atomic E-state index is 9.62. The van der Waals surface area contributed by atoms with E-state index in [4.69, 9.17) is 0 Å². The van der Waals surface area contributed by atoms with E-state index in [9.17, 15) is 4.79 Å². The highest BCUT2D eigenvalue weighted by atomic mass is 16.1. The van der Waals surface area contributed by atoms with Crippen molar-refractivity contribution in [3.8, 4) is 0 Å². The fraction of sp³-hybridized carbons (Fsp3) is 0.400. The van der Waals surface area contributed by atoms with Crippen molar-refractivity contribution in [1.29, 1.82) is 0 Å². The molecular formula is C5H10N2O. The van der Waals surface area contributed by atoms with Gasteiger partial charge in [-0.2, -0.15) is 0 Å². The lowest BCUT2D eigenvalue weighted by molar-refractivity contribution is -0.110. The predicted molar refractivity (Wildman–Crippen MR) is 31.8 cm³/mol. The third-order valence-corrected chi connectivity index (χ3v) is 0.761. The Bertz CT molecular complexity index is 98.6. The lowest BCUT2D eigenvalue weighted by Crippen LogP contribution is -2.28. The van der Waals surface area contributed by atoms with Gasteiger partial charge in [0.15, 0.2) is 0 Å². The molecule has 0 aromatic carbocycles. The van der Waals surface area contributed by atoms with Crippen LogP contribution >= 0.6 is 0 Å². The van der Waals surface area contributed by atoms with E-state index in [0.29, 0.717) is 6.41 Å². The highest BCUT2D eigenvalue weighted by Gasteiger charge is 1.77. The Morgan fingerprint density at radius 1 is 1.62 bits per heavy atom. The number of carbonyl (C=O) groups is 1. The van der Waals surface area contributed by atoms with Crippen LogP contribution in [0.2, 0.25) is 0 Å². The van der Waals surface area contributed by atoms with Gasteiger partial charge < -0.3 is 5.43 Å². The summed E-state index contributed by atoms with van der Waals surface area (Å²) < 4.78 is 0. The maximum absolute atomic E-state index is 9.62. The topological polar surface area (TPSA) is 41.1 Å². The Morgan fingerprint density at radius 3 is 2.62 bits per heavy atom. The van der Waals surface area contributed by atoms with Gasteiger partial charge in [0.1, 0.15) is 0 Å². The fourth-order valence-corrected chi connectivity index (χ4v) is 0.215. The van der Waals surface area contributed by atoms with Crippen molar-refractivity contribution >= 4 is 6.41 Å². The molecule has 0 rings (SSSR count). The number of nitrogens with one attached hydrogen (secondary N) is 2. The van der Waals surface area contributed by atoms with Crippen LogP contribution in [0.15, 0.2) is 11.8 Å². The molecule has 0 atom stereocenters. The Balaban J connectivity index is 3.24. The van der Waals surface area contributed by atoms with E-state index >= 15 is 0 Å². The van der Waals surface area contributed by atoms with Crippen LogP contribution in [0.5, 0.6) is 0 Å². The van der Waals surface area contributed by atoms with Crippen molar-refractivity contribution < 1.29 is 4.79 Å². The molecule has 0 unspecified atom stereocenters. The molecule has 2 N–H and O–H groups in total. The van der Waals surface area contributed by atoms with Crippen LogP contribution in [0.1, 0.15) is 13.8 Å². The van der Waals surface area contributed by atoms with Gasteiger partial charge in [-0.1, -0.05) is 6.08 Å². The fourth-order valence-electron chi connectivity index (χ4n) is 0.215. The molecule has 0 fully saturated rings. The van der Waals surface area contributed by atoms with Crippen molar-refractivity contribution in [3.05, 3.63) is 11.8 Å². The first-order valence-electron chi connectivity index (χ1n) is 2.39. The van der Waals surface area contributed by atoms with Crippen LogP contribution in [0.25, 0.3) is 0 Å². The van der Waals surface area contributed by atoms with Gasteiger partial charge in [-0.25, -0.2) is 0 Å². The number of amides is 1. The Morgan fingerprint density at radius 2 is 2.25 bits per heavy atom. The Kier molecular flexibility index (Phi) is 3.66. The normalized spacial score (nSPS) is 10.5. The summed E-state index contributed by atoms with van der Waals surface area (Å²) >= 11 is 0. The molecular weight excluding hydrogens is 104 g/mol. The van der Waals surface area contributed by atoms with Crippen molar-refractivity contribution in [2.75, 3.05) is 0 Å². The first-order valence-corrected chi connectivity index (χ1v) is 2.39. The SMILES string of the molecule is C/C=C(/C)NNC=O. The summed E-state index contributed by atoms with van der Waals surface area (Å²) in [4.78, 5) is 9.62. The van der Waals surface area contributed by atoms with Gasteiger partial charge in [0.25, 0.3) is 0 Å². The summed E-state index contributed by atoms with van der Waals surface area (Å²) in [7, 11) is 0. The molecule has 0 aliphatic rings. The summed E-state index contributed by atoms with van der Waals surface area (Å²) in [5, 5.41) is 0. The number of carbonyl (C=O) groups excluding carboxylic acids is 1. The lowest BCUT2D eigenvalue weighted by Gasteiger charge is -1.99. The zero-order valence-electron chi connectivity index (χ0n) is 5.06. The van der Waals surface area contributed by atoms with Gasteiger partial charge in [0.05, 0.1) is 0 Å². The number of allylic oxidation sites excluding steroid dienone is 2. The standard InChI is InChI=1S/C5H10N2O/c1-3-5(2)7-6-4-8/h3-4,7H,1-2H3,(H,6,8)/b5-3-. The van der Waals surface area contributed by atoms with E-state index in [1.807, 2.05) is 19.9 Å². The maximum Gasteiger partial charge on any atom is 0.225 e. The molecule has 0 saturated heterocycles. The largest absolute Gasteiger partial charge is 0.304 e. The third kappa shape index (κ3) is 3.21. The first-order chi connectivity index (χ1) is 3.81. The van der Waals surface area contributed by atoms with Crippen LogP contribution in [0.4, 0.5) is 0 Å². The Hall–Kier alpha value is -0.990. The molecule has 0 saturated carbocycles. The molecule has 0 bridgehead atoms. The molecule has 0 heterocycles. The minimum atomic E-state index is 0.590. The molecule has 3 heteroatoms. The minimum Gasteiger partial charge on any atom is -0.304 e. The summed E-state index contributed by atoms with van der Waals surface area (Å²) in [5.74, 6) is 0. The smallest absolute Gasteiger partial charge is 0.225 e. The summed E-state index contributed by atoms with van der Waals surface area (Å²) in [6.45, 7) is 3.74. The van der Waals surface area contributed by atoms with Gasteiger partial charge in [0, 0.05) is 5.70 Å². The second kappa shape index (κ2) is 4.18. The molecule has 3 nitrogen and oxygen atoms in total. The quantitative estimate of drug-likeness (QED) is 0.405. The highest BCUT2D eigenvalue weighted by molar-refractivity contribution is 5.45. The van der Waals surface area contributed by atoms with Gasteiger partial charge in [-0.3, -0.25) is 10.2 Å². The second-order valence-corrected chi connectivity index (χ2v) is 1.36. The van der Waals surface area contributed by atoms with E-state index in [2.05, 4.69) is 10.9 Å². The zero-order valence-corrected chi connectivity index (χ0v) is 5.06. The van der Waals surface area contributed by atoms with Crippen LogP contribution in [0.3, 0.4) is 0 Å². The number of hydrogen-bond donors (Lipinski definition) is 2. The number of hydrazine groups is 1. The average Bonchev–Trinajstić information content (AvgIpc) is 1.83. The van der Waals surface area contributed by atoms with E-state index in [-0.39, 0.29) is 0 Å². The summed E-state index contributed by atoms with van der Waals surface area (Å²) in [6.07, 6.45) is 2.45. The van der Waals surface area contributed by atoms with Crippen molar-refractivity contribution in [3.63, 3.8) is 0 Å². The molecule has 1 amide bonds. The molecule has 0 radical (unpaired) electrons. The molecule has 0 aromatic heterocycles. The van der Waals surface area contributed by atoms with Crippen molar-refractivity contribution in [1.82, 2.24) is 10.9 Å². The van der Waals surface area contributed by atoms with Crippen LogP contribution in [-0.2, 0) is 4.79 Å². The monoisotopic (exact) mass is 114 g/mol. The number of rotatable bonds is 3. The van der Waals surface area contributed by atoms with Gasteiger partial charge in [-0.05, 0) is 13.8 Å². The first kappa shape index (κ1) is 7.01. The summed E-state index contributed by atoms with van der Waals surface area (Å²) in [6, 6.07) is 0. The van der Waals surface area contributed by atoms with E-state index in [0.717, 1.165) is 5.70 Å². The predicted octanol–water partition coefficient (Wildman–Crippen LogP) is 0.161. The van der Waals surface area contributed by atoms with Crippen molar-refractivity contribution in [2.24, 2.45) is 0 Å². The van der Waals surface area contributed by atoms with Crippen LogP contribution < -0.4 is 10.9 Å². The third-order valence-electron chi connectivity index (χ3n) is 0.761. The minimum absolute atomic E-state index is 0.590. The van der Waals surface area contributed by atoms with Gasteiger partial charge >= 0.3 is 0 Å². The molecule has 46 valence electrons. The molecule has 0 aliphatic heterocycles. The number of hydrogen-bond acceptors (Lipinski definition) is 2. The summed E-state index contributed by atoms with van der Waals surface area (Å²) in [5.41, 5.74) is 5.85. The van der Waals surface area contributed by atoms with Crippen molar-refractivity contribution in [2.45, 2.75) is 13.8 Å². The highest BCUT2D eigenvalue weighted by Crippen LogP contribution is 1.78. The molecule has 0 spiro atoms. The van der Waals surface area contributed by atoms with Gasteiger partial charge in [0.2, 0.25) is 6.41 Å². The van der Waals surface area contributed by atoms with Crippen LogP contribution in [-0.4, -0.2) is 6.41 Å². The second-order valence-electron chi connectivity index (χ2n) is 1.36. The average molecular weight is 114 g/mol. The van der Waals surface area contributed by atoms with E-state index in [1.165, 1.54) is 0 Å². The van der Waals surface area contributed by atoms with Gasteiger partial charge in [-0.15, -0.1) is 0 Å². The molecule has 0 aromatic rings. The molecule has 8 heavy (non-hydrogen) atoms. The van der Waals surface area contributed by atoms with E-state index < -0.39 is 0 Å². The lowest BCUT2D eigenvalue weighted by atomic mass is 10.5. The van der Waals surface area contributed by atoms with E-state index in [1.54, 1.807) is 0 Å². The Labute approximate surface area is 48.7 Å². The zero-order chi connectivity index (χ0) is 6.41.